The summed E-state index contributed by atoms with van der Waals surface area (Å²) in [6, 6.07) is 16.5. The standard InChI is InChI=1S/C17H15N3O3/c21-15(13-9-5-2-6-10-13)19-20-16(22)14(18-17(20)23)11-12-7-3-1-4-8-12/h1-10,14H,11H2,(H,18,23)(H,19,21). The molecular weight excluding hydrogens is 294 g/mol. The zero-order chi connectivity index (χ0) is 16.2. The molecule has 6 heteroatoms. The molecule has 0 spiro atoms. The highest BCUT2D eigenvalue weighted by molar-refractivity contribution is 6.07. The van der Waals surface area contributed by atoms with Gasteiger partial charge in [0.15, 0.2) is 0 Å². The molecule has 2 aromatic rings. The predicted octanol–water partition coefficient (Wildman–Crippen LogP) is 1.49. The van der Waals surface area contributed by atoms with E-state index in [2.05, 4.69) is 10.7 Å². The van der Waals surface area contributed by atoms with Gasteiger partial charge in [-0.3, -0.25) is 15.0 Å². The molecule has 1 aliphatic heterocycles. The normalized spacial score (nSPS) is 17.0. The van der Waals surface area contributed by atoms with Crippen molar-refractivity contribution in [1.82, 2.24) is 15.8 Å². The molecule has 4 amide bonds. The van der Waals surface area contributed by atoms with Crippen LogP contribution in [0.15, 0.2) is 60.7 Å². The molecular formula is C17H15N3O3. The van der Waals surface area contributed by atoms with Crippen molar-refractivity contribution in [3.05, 3.63) is 71.8 Å². The van der Waals surface area contributed by atoms with Crippen LogP contribution in [0.1, 0.15) is 15.9 Å². The van der Waals surface area contributed by atoms with Crippen LogP contribution in [-0.2, 0) is 11.2 Å². The summed E-state index contributed by atoms with van der Waals surface area (Å²) in [6.07, 6.45) is 0.378. The van der Waals surface area contributed by atoms with E-state index in [-0.39, 0.29) is 0 Å². The maximum atomic E-state index is 12.3. The summed E-state index contributed by atoms with van der Waals surface area (Å²) in [7, 11) is 0. The minimum absolute atomic E-state index is 0.375. The van der Waals surface area contributed by atoms with Gasteiger partial charge in [-0.05, 0) is 17.7 Å². The number of rotatable bonds is 4. The van der Waals surface area contributed by atoms with Crippen LogP contribution < -0.4 is 10.7 Å². The smallest absolute Gasteiger partial charge is 0.324 e. The number of benzene rings is 2. The third-order valence-corrected chi connectivity index (χ3v) is 3.55. The van der Waals surface area contributed by atoms with Crippen molar-refractivity contribution in [2.45, 2.75) is 12.5 Å². The molecule has 1 aliphatic rings. The molecule has 0 radical (unpaired) electrons. The third-order valence-electron chi connectivity index (χ3n) is 3.55. The minimum atomic E-state index is -0.680. The predicted molar refractivity (Wildman–Crippen MR) is 83.2 cm³/mol. The fourth-order valence-corrected chi connectivity index (χ4v) is 2.38. The summed E-state index contributed by atoms with van der Waals surface area (Å²) in [5, 5.41) is 3.32. The molecule has 6 nitrogen and oxygen atoms in total. The van der Waals surface area contributed by atoms with E-state index in [4.69, 9.17) is 0 Å². The Morgan fingerprint density at radius 3 is 2.26 bits per heavy atom. The number of amides is 4. The second-order valence-electron chi connectivity index (χ2n) is 5.17. The van der Waals surface area contributed by atoms with Crippen molar-refractivity contribution in [3.63, 3.8) is 0 Å². The Morgan fingerprint density at radius 2 is 1.61 bits per heavy atom. The highest BCUT2D eigenvalue weighted by Crippen LogP contribution is 2.11. The van der Waals surface area contributed by atoms with E-state index in [9.17, 15) is 14.4 Å². The zero-order valence-electron chi connectivity index (χ0n) is 12.2. The number of nitrogens with one attached hydrogen (secondary N) is 2. The molecule has 1 fully saturated rings. The molecule has 3 rings (SSSR count). The summed E-state index contributed by atoms with van der Waals surface area (Å²) in [4.78, 5) is 36.3. The van der Waals surface area contributed by atoms with Gasteiger partial charge in [-0.2, -0.15) is 5.01 Å². The number of hydrogen-bond acceptors (Lipinski definition) is 3. The summed E-state index contributed by atoms with van der Waals surface area (Å²) < 4.78 is 0. The van der Waals surface area contributed by atoms with E-state index in [1.165, 1.54) is 0 Å². The lowest BCUT2D eigenvalue weighted by molar-refractivity contribution is -0.129. The molecule has 2 aromatic carbocycles. The Labute approximate surface area is 133 Å². The maximum Gasteiger partial charge on any atom is 0.344 e. The quantitative estimate of drug-likeness (QED) is 0.840. The van der Waals surface area contributed by atoms with Crippen molar-refractivity contribution < 1.29 is 14.4 Å². The lowest BCUT2D eigenvalue weighted by Crippen LogP contribution is -2.46. The average molecular weight is 309 g/mol. The van der Waals surface area contributed by atoms with Crippen LogP contribution in [0, 0.1) is 0 Å². The van der Waals surface area contributed by atoms with Crippen LogP contribution in [0.5, 0.6) is 0 Å². The van der Waals surface area contributed by atoms with Gasteiger partial charge >= 0.3 is 6.03 Å². The van der Waals surface area contributed by atoms with E-state index >= 15 is 0 Å². The number of hydrogen-bond donors (Lipinski definition) is 2. The van der Waals surface area contributed by atoms with Crippen LogP contribution in [0.25, 0.3) is 0 Å². The van der Waals surface area contributed by atoms with Crippen molar-refractivity contribution in [2.75, 3.05) is 0 Å². The second kappa shape index (κ2) is 6.31. The van der Waals surface area contributed by atoms with Gasteiger partial charge in [0, 0.05) is 12.0 Å². The van der Waals surface area contributed by atoms with Crippen LogP contribution >= 0.6 is 0 Å². The molecule has 1 saturated heterocycles. The molecule has 116 valence electrons. The lowest BCUT2D eigenvalue weighted by Gasteiger charge is -2.14. The third kappa shape index (κ3) is 3.21. The van der Waals surface area contributed by atoms with Gasteiger partial charge in [-0.25, -0.2) is 4.79 Å². The van der Waals surface area contributed by atoms with Gasteiger partial charge in [0.2, 0.25) is 0 Å². The van der Waals surface area contributed by atoms with E-state index in [0.717, 1.165) is 10.6 Å². The number of hydrazine groups is 1. The first-order chi connectivity index (χ1) is 11.1. The number of carbonyl (C=O) groups is 3. The van der Waals surface area contributed by atoms with E-state index in [1.807, 2.05) is 30.3 Å². The van der Waals surface area contributed by atoms with Gasteiger partial charge in [0.05, 0.1) is 0 Å². The van der Waals surface area contributed by atoms with Crippen LogP contribution in [-0.4, -0.2) is 28.9 Å². The molecule has 2 N–H and O–H groups in total. The summed E-state index contributed by atoms with van der Waals surface area (Å²) in [5.74, 6) is -0.974. The molecule has 0 aromatic heterocycles. The minimum Gasteiger partial charge on any atom is -0.324 e. The summed E-state index contributed by atoms with van der Waals surface area (Å²) in [5.41, 5.74) is 3.65. The number of imide groups is 1. The van der Waals surface area contributed by atoms with Crippen molar-refractivity contribution in [2.24, 2.45) is 0 Å². The largest absolute Gasteiger partial charge is 0.344 e. The second-order valence-corrected chi connectivity index (χ2v) is 5.17. The van der Waals surface area contributed by atoms with Crippen LogP contribution in [0.2, 0.25) is 0 Å². The summed E-state index contributed by atoms with van der Waals surface area (Å²) >= 11 is 0. The first-order valence-corrected chi connectivity index (χ1v) is 7.19. The first kappa shape index (κ1) is 14.8. The van der Waals surface area contributed by atoms with Crippen LogP contribution in [0.4, 0.5) is 4.79 Å². The van der Waals surface area contributed by atoms with Gasteiger partial charge in [-0.15, -0.1) is 0 Å². The highest BCUT2D eigenvalue weighted by atomic mass is 16.2. The van der Waals surface area contributed by atoms with Gasteiger partial charge in [-0.1, -0.05) is 48.5 Å². The Morgan fingerprint density at radius 1 is 1.00 bits per heavy atom. The monoisotopic (exact) mass is 309 g/mol. The SMILES string of the molecule is O=C(NN1C(=O)NC(Cc2ccccc2)C1=O)c1ccccc1. The highest BCUT2D eigenvalue weighted by Gasteiger charge is 2.39. The average Bonchev–Trinajstić information content (AvgIpc) is 2.84. The van der Waals surface area contributed by atoms with E-state index in [1.54, 1.807) is 30.3 Å². The van der Waals surface area contributed by atoms with Crippen molar-refractivity contribution in [3.8, 4) is 0 Å². The molecule has 0 bridgehead atoms. The molecule has 23 heavy (non-hydrogen) atoms. The number of carbonyl (C=O) groups excluding carboxylic acids is 3. The van der Waals surface area contributed by atoms with Crippen molar-refractivity contribution >= 4 is 17.8 Å². The molecule has 0 saturated carbocycles. The Balaban J connectivity index is 1.68. The van der Waals surface area contributed by atoms with Gasteiger partial charge < -0.3 is 5.32 Å². The van der Waals surface area contributed by atoms with E-state index in [0.29, 0.717) is 12.0 Å². The molecule has 1 atom stereocenters. The van der Waals surface area contributed by atoms with E-state index < -0.39 is 23.9 Å². The fraction of sp³-hybridized carbons (Fsp3) is 0.118. The Kier molecular flexibility index (Phi) is 4.05. The van der Waals surface area contributed by atoms with Crippen LogP contribution in [0.3, 0.4) is 0 Å². The summed E-state index contributed by atoms with van der Waals surface area (Å²) in [6.45, 7) is 0. The number of urea groups is 1. The Hall–Kier alpha value is -3.15. The molecule has 0 aliphatic carbocycles. The van der Waals surface area contributed by atoms with Gasteiger partial charge in [0.1, 0.15) is 6.04 Å². The number of nitrogens with zero attached hydrogens (tertiary/aromatic N) is 1. The topological polar surface area (TPSA) is 78.5 Å². The fourth-order valence-electron chi connectivity index (χ4n) is 2.38. The first-order valence-electron chi connectivity index (χ1n) is 7.19. The lowest BCUT2D eigenvalue weighted by atomic mass is 10.1. The van der Waals surface area contributed by atoms with Gasteiger partial charge in [0.25, 0.3) is 11.8 Å². The van der Waals surface area contributed by atoms with Crippen molar-refractivity contribution in [1.29, 1.82) is 0 Å². The maximum absolute atomic E-state index is 12.3. The Bertz CT molecular complexity index is 731. The molecule has 1 unspecified atom stereocenters. The zero-order valence-corrected chi connectivity index (χ0v) is 12.2. The molecule has 1 heterocycles.